The minimum Gasteiger partial charge on any atom is -0.424 e. The van der Waals surface area contributed by atoms with Crippen LogP contribution < -0.4 is 5.32 Å². The number of nitrogens with one attached hydrogen (secondary N) is 1. The number of hydrogen-bond donors (Lipinski definition) is 1. The zero-order valence-corrected chi connectivity index (χ0v) is 13.6. The van der Waals surface area contributed by atoms with Crippen LogP contribution in [0.15, 0.2) is 22.6 Å². The van der Waals surface area contributed by atoms with Gasteiger partial charge in [-0.3, -0.25) is 9.78 Å². The van der Waals surface area contributed by atoms with E-state index >= 15 is 0 Å². The lowest BCUT2D eigenvalue weighted by molar-refractivity contribution is 0.0948. The summed E-state index contributed by atoms with van der Waals surface area (Å²) >= 11 is 0. The summed E-state index contributed by atoms with van der Waals surface area (Å²) < 4.78 is 5.27. The van der Waals surface area contributed by atoms with Gasteiger partial charge >= 0.3 is 0 Å². The molecule has 1 amide bonds. The van der Waals surface area contributed by atoms with Crippen molar-refractivity contribution >= 4 is 16.8 Å². The summed E-state index contributed by atoms with van der Waals surface area (Å²) in [6, 6.07) is 5.74. The van der Waals surface area contributed by atoms with Gasteiger partial charge in [0.1, 0.15) is 0 Å². The van der Waals surface area contributed by atoms with Crippen LogP contribution in [0.4, 0.5) is 0 Å². The van der Waals surface area contributed by atoms with E-state index in [4.69, 9.17) is 4.42 Å². The molecular formula is C17H18N4O2. The van der Waals surface area contributed by atoms with Crippen molar-refractivity contribution < 1.29 is 9.21 Å². The Kier molecular flexibility index (Phi) is 3.82. The van der Waals surface area contributed by atoms with Crippen LogP contribution in [0.25, 0.3) is 10.9 Å². The number of carbonyl (C=O) groups excluding carboxylic acids is 1. The van der Waals surface area contributed by atoms with Crippen LogP contribution in [0.1, 0.15) is 39.0 Å². The van der Waals surface area contributed by atoms with E-state index in [0.29, 0.717) is 17.3 Å². The summed E-state index contributed by atoms with van der Waals surface area (Å²) in [5.74, 6) is 0.683. The van der Waals surface area contributed by atoms with Crippen LogP contribution >= 0.6 is 0 Å². The third-order valence-electron chi connectivity index (χ3n) is 3.85. The smallest absolute Gasteiger partial charge is 0.252 e. The number of carbonyl (C=O) groups is 1. The molecule has 0 aliphatic rings. The molecule has 0 saturated heterocycles. The summed E-state index contributed by atoms with van der Waals surface area (Å²) in [6.45, 7) is 7.86. The van der Waals surface area contributed by atoms with Gasteiger partial charge in [-0.05, 0) is 38.0 Å². The van der Waals surface area contributed by atoms with E-state index in [2.05, 4.69) is 20.5 Å². The molecule has 1 N–H and O–H groups in total. The number of hydrogen-bond acceptors (Lipinski definition) is 5. The molecule has 118 valence electrons. The minimum atomic E-state index is -0.181. The molecule has 3 rings (SSSR count). The molecule has 0 spiro atoms. The Balaban J connectivity index is 1.95. The number of pyridine rings is 1. The Bertz CT molecular complexity index is 899. The SMILES string of the molecule is Cc1cc(C(=O)NCc2nnc(C)o2)c2ccc(C)c(C)c2n1. The molecular weight excluding hydrogens is 292 g/mol. The number of aryl methyl sites for hydroxylation is 4. The Morgan fingerprint density at radius 2 is 1.96 bits per heavy atom. The Morgan fingerprint density at radius 3 is 2.65 bits per heavy atom. The van der Waals surface area contributed by atoms with Gasteiger partial charge in [-0.25, -0.2) is 0 Å². The second kappa shape index (κ2) is 5.79. The molecule has 2 aromatic heterocycles. The number of nitrogens with zero attached hydrogens (tertiary/aromatic N) is 3. The highest BCUT2D eigenvalue weighted by Crippen LogP contribution is 2.24. The fourth-order valence-electron chi connectivity index (χ4n) is 2.51. The van der Waals surface area contributed by atoms with Gasteiger partial charge < -0.3 is 9.73 Å². The monoisotopic (exact) mass is 310 g/mol. The second-order valence-corrected chi connectivity index (χ2v) is 5.61. The van der Waals surface area contributed by atoms with Crippen molar-refractivity contribution in [3.05, 3.63) is 52.4 Å². The summed E-state index contributed by atoms with van der Waals surface area (Å²) in [7, 11) is 0. The third kappa shape index (κ3) is 2.92. The predicted molar refractivity (Wildman–Crippen MR) is 86.2 cm³/mol. The van der Waals surface area contributed by atoms with Gasteiger partial charge in [0.15, 0.2) is 0 Å². The van der Waals surface area contributed by atoms with Crippen LogP contribution in [0.3, 0.4) is 0 Å². The van der Waals surface area contributed by atoms with Crippen molar-refractivity contribution in [3.8, 4) is 0 Å². The molecule has 1 aromatic carbocycles. The lowest BCUT2D eigenvalue weighted by Crippen LogP contribution is -2.23. The Morgan fingerprint density at radius 1 is 1.17 bits per heavy atom. The third-order valence-corrected chi connectivity index (χ3v) is 3.85. The second-order valence-electron chi connectivity index (χ2n) is 5.61. The maximum atomic E-state index is 12.6. The molecule has 0 unspecified atom stereocenters. The summed E-state index contributed by atoms with van der Waals surface area (Å²) in [5, 5.41) is 11.3. The number of aromatic nitrogens is 3. The van der Waals surface area contributed by atoms with Gasteiger partial charge in [0, 0.05) is 18.0 Å². The van der Waals surface area contributed by atoms with Crippen LogP contribution in [0.5, 0.6) is 0 Å². The molecule has 23 heavy (non-hydrogen) atoms. The highest BCUT2D eigenvalue weighted by atomic mass is 16.4. The first kappa shape index (κ1) is 15.1. The van der Waals surface area contributed by atoms with Gasteiger partial charge in [-0.2, -0.15) is 0 Å². The fraction of sp³-hybridized carbons (Fsp3) is 0.294. The standard InChI is InChI=1S/C17H18N4O2/c1-9-5-6-13-14(7-10(2)19-16(13)11(9)3)17(22)18-8-15-21-20-12(4)23-15/h5-7H,8H2,1-4H3,(H,18,22). The van der Waals surface area contributed by atoms with Crippen molar-refractivity contribution in [1.29, 1.82) is 0 Å². The van der Waals surface area contributed by atoms with Crippen molar-refractivity contribution in [1.82, 2.24) is 20.5 Å². The number of amides is 1. The average molecular weight is 310 g/mol. The van der Waals surface area contributed by atoms with Crippen molar-refractivity contribution in [2.75, 3.05) is 0 Å². The molecule has 0 saturated carbocycles. The van der Waals surface area contributed by atoms with E-state index in [9.17, 15) is 4.79 Å². The van der Waals surface area contributed by atoms with Gasteiger partial charge in [-0.15, -0.1) is 10.2 Å². The van der Waals surface area contributed by atoms with Crippen LogP contribution in [-0.4, -0.2) is 21.1 Å². The van der Waals surface area contributed by atoms with Crippen LogP contribution in [0.2, 0.25) is 0 Å². The number of benzene rings is 1. The molecule has 6 nitrogen and oxygen atoms in total. The summed E-state index contributed by atoms with van der Waals surface area (Å²) in [4.78, 5) is 17.1. The number of fused-ring (bicyclic) bond motifs is 1. The Labute approximate surface area is 133 Å². The molecule has 2 heterocycles. The maximum absolute atomic E-state index is 12.6. The first-order valence-corrected chi connectivity index (χ1v) is 7.40. The average Bonchev–Trinajstić information content (AvgIpc) is 2.94. The zero-order chi connectivity index (χ0) is 16.6. The lowest BCUT2D eigenvalue weighted by Gasteiger charge is -2.11. The molecule has 0 atom stereocenters. The largest absolute Gasteiger partial charge is 0.424 e. The topological polar surface area (TPSA) is 80.9 Å². The van der Waals surface area contributed by atoms with Crippen molar-refractivity contribution in [2.45, 2.75) is 34.2 Å². The fourth-order valence-corrected chi connectivity index (χ4v) is 2.51. The van der Waals surface area contributed by atoms with Crippen LogP contribution in [0, 0.1) is 27.7 Å². The van der Waals surface area contributed by atoms with E-state index in [1.165, 1.54) is 0 Å². The Hall–Kier alpha value is -2.76. The summed E-state index contributed by atoms with van der Waals surface area (Å²) in [6.07, 6.45) is 0. The van der Waals surface area contributed by atoms with Crippen molar-refractivity contribution in [3.63, 3.8) is 0 Å². The molecule has 0 radical (unpaired) electrons. The van der Waals surface area contributed by atoms with Gasteiger partial charge in [0.05, 0.1) is 17.6 Å². The van der Waals surface area contributed by atoms with E-state index in [1.807, 2.05) is 32.9 Å². The van der Waals surface area contributed by atoms with E-state index < -0.39 is 0 Å². The first-order chi connectivity index (χ1) is 11.0. The van der Waals surface area contributed by atoms with E-state index in [-0.39, 0.29) is 12.5 Å². The van der Waals surface area contributed by atoms with Gasteiger partial charge in [-0.1, -0.05) is 12.1 Å². The molecule has 0 fully saturated rings. The lowest BCUT2D eigenvalue weighted by atomic mass is 10.0. The van der Waals surface area contributed by atoms with Gasteiger partial charge in [0.25, 0.3) is 5.91 Å². The van der Waals surface area contributed by atoms with Crippen LogP contribution in [-0.2, 0) is 6.54 Å². The molecule has 6 heteroatoms. The highest BCUT2D eigenvalue weighted by molar-refractivity contribution is 6.06. The highest BCUT2D eigenvalue weighted by Gasteiger charge is 2.14. The van der Waals surface area contributed by atoms with Gasteiger partial charge in [0.2, 0.25) is 11.8 Å². The normalized spacial score (nSPS) is 11.0. The van der Waals surface area contributed by atoms with E-state index in [0.717, 1.165) is 27.7 Å². The quantitative estimate of drug-likeness (QED) is 0.804. The first-order valence-electron chi connectivity index (χ1n) is 7.40. The predicted octanol–water partition coefficient (Wildman–Crippen LogP) is 2.78. The zero-order valence-electron chi connectivity index (χ0n) is 13.6. The molecule has 3 aromatic rings. The summed E-state index contributed by atoms with van der Waals surface area (Å²) in [5.41, 5.74) is 4.52. The van der Waals surface area contributed by atoms with Crippen molar-refractivity contribution in [2.24, 2.45) is 0 Å². The maximum Gasteiger partial charge on any atom is 0.252 e. The molecule has 0 bridgehead atoms. The number of rotatable bonds is 3. The molecule has 0 aliphatic heterocycles. The van der Waals surface area contributed by atoms with E-state index in [1.54, 1.807) is 13.0 Å². The molecule has 0 aliphatic carbocycles. The minimum absolute atomic E-state index is 0.181.